The Kier molecular flexibility index (Phi) is 9.16. The van der Waals surface area contributed by atoms with Gasteiger partial charge in [-0.3, -0.25) is 4.98 Å². The van der Waals surface area contributed by atoms with Gasteiger partial charge in [0, 0.05) is 17.8 Å². The molecule has 0 spiro atoms. The van der Waals surface area contributed by atoms with Crippen LogP contribution in [0.25, 0.3) is 11.3 Å². The van der Waals surface area contributed by atoms with Gasteiger partial charge >= 0.3 is 0 Å². The number of rotatable bonds is 12. The summed E-state index contributed by atoms with van der Waals surface area (Å²) in [5, 5.41) is 0. The summed E-state index contributed by atoms with van der Waals surface area (Å²) >= 11 is 0. The topological polar surface area (TPSA) is 22.1 Å². The number of ether oxygens (including phenoxy) is 1. The number of nitrogens with zero attached hydrogens (tertiary/aromatic N) is 1. The maximum absolute atomic E-state index is 14.4. The van der Waals surface area contributed by atoms with E-state index in [0.29, 0.717) is 23.6 Å². The third-order valence-corrected chi connectivity index (χ3v) is 4.63. The highest BCUT2D eigenvalue weighted by molar-refractivity contribution is 5.61. The third kappa shape index (κ3) is 6.78. The summed E-state index contributed by atoms with van der Waals surface area (Å²) in [7, 11) is 0. The Hall–Kier alpha value is -1.90. The number of aromatic nitrogens is 1. The Morgan fingerprint density at radius 3 is 2.35 bits per heavy atom. The number of hydrogen-bond donors (Lipinski definition) is 0. The fourth-order valence-corrected chi connectivity index (χ4v) is 2.98. The zero-order valence-corrected chi connectivity index (χ0v) is 16.3. The molecule has 2 rings (SSSR count). The summed E-state index contributed by atoms with van der Waals surface area (Å²) in [6.07, 6.45) is 12.5. The highest BCUT2D eigenvalue weighted by Gasteiger charge is 2.08. The van der Waals surface area contributed by atoms with Gasteiger partial charge in [-0.05, 0) is 43.0 Å². The average Bonchev–Trinajstić information content (AvgIpc) is 2.66. The third-order valence-electron chi connectivity index (χ3n) is 4.63. The zero-order valence-electron chi connectivity index (χ0n) is 16.3. The summed E-state index contributed by atoms with van der Waals surface area (Å²) < 4.78 is 20.1. The summed E-state index contributed by atoms with van der Waals surface area (Å²) in [6.45, 7) is 5.04. The predicted molar refractivity (Wildman–Crippen MR) is 107 cm³/mol. The van der Waals surface area contributed by atoms with Crippen LogP contribution in [0.1, 0.15) is 70.8 Å². The van der Waals surface area contributed by atoms with E-state index < -0.39 is 0 Å². The van der Waals surface area contributed by atoms with Gasteiger partial charge in [0.2, 0.25) is 0 Å². The summed E-state index contributed by atoms with van der Waals surface area (Å²) in [4.78, 5) is 4.42. The van der Waals surface area contributed by atoms with Gasteiger partial charge in [-0.2, -0.15) is 0 Å². The molecule has 0 fully saturated rings. The van der Waals surface area contributed by atoms with Gasteiger partial charge in [-0.1, -0.05) is 58.4 Å². The van der Waals surface area contributed by atoms with Crippen molar-refractivity contribution in [3.8, 4) is 17.0 Å². The molecule has 0 aliphatic carbocycles. The van der Waals surface area contributed by atoms with Crippen LogP contribution in [-0.2, 0) is 6.42 Å². The molecule has 0 aliphatic rings. The molecule has 0 bridgehead atoms. The first kappa shape index (κ1) is 20.4. The van der Waals surface area contributed by atoms with Crippen molar-refractivity contribution in [1.29, 1.82) is 0 Å². The van der Waals surface area contributed by atoms with Crippen LogP contribution in [-0.4, -0.2) is 11.6 Å². The fraction of sp³-hybridized carbons (Fsp3) is 0.522. The van der Waals surface area contributed by atoms with E-state index in [4.69, 9.17) is 4.74 Å². The molecule has 0 atom stereocenters. The monoisotopic (exact) mass is 357 g/mol. The molecule has 0 unspecified atom stereocenters. The van der Waals surface area contributed by atoms with Gasteiger partial charge in [0.1, 0.15) is 11.6 Å². The van der Waals surface area contributed by atoms with E-state index in [1.807, 2.05) is 24.4 Å². The Labute approximate surface area is 157 Å². The lowest BCUT2D eigenvalue weighted by Crippen LogP contribution is -1.98. The van der Waals surface area contributed by atoms with Crippen molar-refractivity contribution in [2.45, 2.75) is 71.6 Å². The second kappa shape index (κ2) is 11.7. The minimum absolute atomic E-state index is 0.278. The number of unbranched alkanes of at least 4 members (excludes halogenated alkanes) is 6. The Morgan fingerprint density at radius 1 is 0.885 bits per heavy atom. The van der Waals surface area contributed by atoms with Gasteiger partial charge in [0.25, 0.3) is 0 Å². The Morgan fingerprint density at radius 2 is 1.65 bits per heavy atom. The largest absolute Gasteiger partial charge is 0.493 e. The number of halogens is 1. The maximum Gasteiger partial charge on any atom is 0.136 e. The highest BCUT2D eigenvalue weighted by Crippen LogP contribution is 2.25. The number of pyridine rings is 1. The molecule has 26 heavy (non-hydrogen) atoms. The van der Waals surface area contributed by atoms with Gasteiger partial charge in [0.15, 0.2) is 0 Å². The Bertz CT molecular complexity index is 639. The molecule has 1 heterocycles. The van der Waals surface area contributed by atoms with Crippen LogP contribution in [0.5, 0.6) is 5.75 Å². The van der Waals surface area contributed by atoms with Gasteiger partial charge < -0.3 is 4.74 Å². The molecular formula is C23H32FNO. The minimum Gasteiger partial charge on any atom is -0.493 e. The van der Waals surface area contributed by atoms with Crippen LogP contribution < -0.4 is 4.74 Å². The number of aryl methyl sites for hydroxylation is 1. The lowest BCUT2D eigenvalue weighted by atomic mass is 10.1. The van der Waals surface area contributed by atoms with Gasteiger partial charge in [0.05, 0.1) is 12.3 Å². The molecule has 0 saturated carbocycles. The van der Waals surface area contributed by atoms with Gasteiger partial charge in [-0.15, -0.1) is 0 Å². The smallest absolute Gasteiger partial charge is 0.136 e. The van der Waals surface area contributed by atoms with Crippen molar-refractivity contribution in [2.75, 3.05) is 6.61 Å². The summed E-state index contributed by atoms with van der Waals surface area (Å²) in [6, 6.07) is 9.02. The lowest BCUT2D eigenvalue weighted by Gasteiger charge is -2.09. The maximum atomic E-state index is 14.4. The van der Waals surface area contributed by atoms with Crippen molar-refractivity contribution >= 4 is 0 Å². The van der Waals surface area contributed by atoms with Crippen LogP contribution in [0.15, 0.2) is 36.5 Å². The molecule has 0 amide bonds. The first-order chi connectivity index (χ1) is 12.7. The van der Waals surface area contributed by atoms with E-state index in [-0.39, 0.29) is 5.82 Å². The van der Waals surface area contributed by atoms with Crippen molar-refractivity contribution in [1.82, 2.24) is 4.98 Å². The predicted octanol–water partition coefficient (Wildman–Crippen LogP) is 6.97. The lowest BCUT2D eigenvalue weighted by molar-refractivity contribution is 0.303. The normalized spacial score (nSPS) is 10.9. The second-order valence-electron chi connectivity index (χ2n) is 6.91. The molecular weight excluding hydrogens is 325 g/mol. The highest BCUT2D eigenvalue weighted by atomic mass is 19.1. The molecule has 0 N–H and O–H groups in total. The van der Waals surface area contributed by atoms with E-state index in [2.05, 4.69) is 18.8 Å². The fourth-order valence-electron chi connectivity index (χ4n) is 2.98. The SMILES string of the molecule is CCCCCCCCOc1ccc(-c2ccc(CCCC)cn2)c(F)c1. The van der Waals surface area contributed by atoms with Crippen LogP contribution in [0.4, 0.5) is 4.39 Å². The van der Waals surface area contributed by atoms with E-state index >= 15 is 0 Å². The van der Waals surface area contributed by atoms with Crippen LogP contribution >= 0.6 is 0 Å². The summed E-state index contributed by atoms with van der Waals surface area (Å²) in [5.74, 6) is 0.318. The van der Waals surface area contributed by atoms with Crippen molar-refractivity contribution in [2.24, 2.45) is 0 Å². The summed E-state index contributed by atoms with van der Waals surface area (Å²) in [5.41, 5.74) is 2.40. The first-order valence-corrected chi connectivity index (χ1v) is 10.1. The standard InChI is InChI=1S/C23H32FNO/c1-3-5-7-8-9-10-16-26-20-13-14-21(22(24)17-20)23-15-12-19(18-25-23)11-6-4-2/h12-15,17-18H,3-11,16H2,1-2H3. The van der Waals surface area contributed by atoms with E-state index in [1.165, 1.54) is 43.7 Å². The molecule has 0 radical (unpaired) electrons. The average molecular weight is 358 g/mol. The van der Waals surface area contributed by atoms with E-state index in [0.717, 1.165) is 25.7 Å². The van der Waals surface area contributed by atoms with Crippen molar-refractivity contribution in [3.05, 3.63) is 47.9 Å². The molecule has 1 aromatic heterocycles. The molecule has 3 heteroatoms. The minimum atomic E-state index is -0.278. The van der Waals surface area contributed by atoms with E-state index in [9.17, 15) is 4.39 Å². The van der Waals surface area contributed by atoms with Crippen LogP contribution in [0.3, 0.4) is 0 Å². The first-order valence-electron chi connectivity index (χ1n) is 10.1. The van der Waals surface area contributed by atoms with Crippen molar-refractivity contribution in [3.63, 3.8) is 0 Å². The molecule has 0 saturated heterocycles. The molecule has 1 aromatic carbocycles. The molecule has 142 valence electrons. The Balaban J connectivity index is 1.84. The van der Waals surface area contributed by atoms with Crippen LogP contribution in [0, 0.1) is 5.82 Å². The van der Waals surface area contributed by atoms with E-state index in [1.54, 1.807) is 6.07 Å². The quantitative estimate of drug-likeness (QED) is 0.383. The molecule has 2 aromatic rings. The number of benzene rings is 1. The van der Waals surface area contributed by atoms with Crippen LogP contribution in [0.2, 0.25) is 0 Å². The number of hydrogen-bond acceptors (Lipinski definition) is 2. The molecule has 0 aliphatic heterocycles. The molecule has 2 nitrogen and oxygen atoms in total. The second-order valence-corrected chi connectivity index (χ2v) is 6.91. The van der Waals surface area contributed by atoms with Crippen molar-refractivity contribution < 1.29 is 9.13 Å². The zero-order chi connectivity index (χ0) is 18.6. The van der Waals surface area contributed by atoms with Gasteiger partial charge in [-0.25, -0.2) is 4.39 Å².